The Balaban J connectivity index is 1.68. The predicted molar refractivity (Wildman–Crippen MR) is 83.8 cm³/mol. The van der Waals surface area contributed by atoms with E-state index >= 15 is 0 Å². The molecular weight excluding hydrogens is 330 g/mol. The van der Waals surface area contributed by atoms with Crippen LogP contribution in [0.15, 0.2) is 27.8 Å². The molecule has 0 radical (unpaired) electrons. The zero-order valence-corrected chi connectivity index (χ0v) is 12.9. The number of nitrogens with one attached hydrogen (secondary N) is 3. The minimum absolute atomic E-state index is 0.121. The minimum atomic E-state index is -0.552. The molecule has 126 valence electrons. The highest BCUT2D eigenvalue weighted by Crippen LogP contribution is 2.33. The Morgan fingerprint density at radius 3 is 2.96 bits per heavy atom. The first kappa shape index (κ1) is 14.8. The molecule has 0 saturated carbocycles. The van der Waals surface area contributed by atoms with Crippen molar-refractivity contribution >= 4 is 11.9 Å². The number of tetrazole rings is 1. The van der Waals surface area contributed by atoms with Gasteiger partial charge < -0.3 is 4.74 Å². The molecule has 1 aliphatic heterocycles. The Hall–Kier alpha value is -3.76. The Labute approximate surface area is 138 Å². The maximum Gasteiger partial charge on any atom is 0.330 e. The molecule has 2 aromatic heterocycles. The van der Waals surface area contributed by atoms with E-state index < -0.39 is 17.2 Å². The van der Waals surface area contributed by atoms with Crippen LogP contribution in [0.2, 0.25) is 0 Å². The highest BCUT2D eigenvalue weighted by molar-refractivity contribution is 6.03. The largest absolute Gasteiger partial charge is 0.440 e. The fraction of sp³-hybridized carbons (Fsp3) is 0.143. The summed E-state index contributed by atoms with van der Waals surface area (Å²) < 4.78 is 6.57. The molecule has 3 heterocycles. The molecule has 4 rings (SSSR count). The van der Waals surface area contributed by atoms with Crippen LogP contribution in [0.1, 0.15) is 21.5 Å². The molecule has 1 aliphatic rings. The van der Waals surface area contributed by atoms with Crippen molar-refractivity contribution in [3.05, 3.63) is 55.7 Å². The first-order valence-electron chi connectivity index (χ1n) is 7.21. The first-order chi connectivity index (χ1) is 12.0. The molecule has 0 spiro atoms. The van der Waals surface area contributed by atoms with E-state index in [1.54, 1.807) is 18.2 Å². The van der Waals surface area contributed by atoms with Crippen LogP contribution in [0.25, 0.3) is 0 Å². The third-order valence-electron chi connectivity index (χ3n) is 3.84. The van der Waals surface area contributed by atoms with Gasteiger partial charge in [-0.05, 0) is 28.6 Å². The van der Waals surface area contributed by atoms with Crippen LogP contribution in [0.5, 0.6) is 11.6 Å². The van der Waals surface area contributed by atoms with E-state index in [2.05, 4.69) is 30.9 Å². The van der Waals surface area contributed by atoms with Crippen molar-refractivity contribution in [1.82, 2.24) is 30.2 Å². The highest BCUT2D eigenvalue weighted by atomic mass is 16.5. The van der Waals surface area contributed by atoms with Crippen molar-refractivity contribution in [2.45, 2.75) is 6.42 Å². The Kier molecular flexibility index (Phi) is 3.20. The van der Waals surface area contributed by atoms with Crippen molar-refractivity contribution in [1.29, 1.82) is 0 Å². The van der Waals surface area contributed by atoms with Crippen molar-refractivity contribution in [2.24, 2.45) is 7.05 Å². The smallest absolute Gasteiger partial charge is 0.330 e. The molecule has 0 atom stereocenters. The lowest BCUT2D eigenvalue weighted by atomic mass is 10.0. The zero-order chi connectivity index (χ0) is 17.6. The summed E-state index contributed by atoms with van der Waals surface area (Å²) in [6.45, 7) is 0. The number of amides is 1. The van der Waals surface area contributed by atoms with Crippen LogP contribution < -0.4 is 21.3 Å². The molecule has 1 amide bonds. The van der Waals surface area contributed by atoms with E-state index in [4.69, 9.17) is 4.74 Å². The van der Waals surface area contributed by atoms with Gasteiger partial charge in [-0.25, -0.2) is 9.89 Å². The molecule has 0 unspecified atom stereocenters. The number of anilines is 1. The number of hydrogen-bond donors (Lipinski definition) is 3. The van der Waals surface area contributed by atoms with Gasteiger partial charge in [-0.1, -0.05) is 5.10 Å². The SMILES string of the molecule is Cn1c(=O)[nH]c2c(c1=O)Cc1cc(C(=O)Nc3nnn[nH]3)ccc1O2. The normalized spacial score (nSPS) is 12.0. The number of carbonyl (C=O) groups excluding carboxylic acids is 1. The topological polar surface area (TPSA) is 148 Å². The van der Waals surface area contributed by atoms with Crippen LogP contribution in [0, 0.1) is 0 Å². The summed E-state index contributed by atoms with van der Waals surface area (Å²) in [5.41, 5.74) is 0.339. The van der Waals surface area contributed by atoms with Crippen LogP contribution >= 0.6 is 0 Å². The number of carbonyl (C=O) groups is 1. The number of H-pyrrole nitrogens is 2. The highest BCUT2D eigenvalue weighted by Gasteiger charge is 2.23. The molecule has 1 aromatic carbocycles. The fourth-order valence-electron chi connectivity index (χ4n) is 2.54. The van der Waals surface area contributed by atoms with Crippen LogP contribution in [0.3, 0.4) is 0 Å². The van der Waals surface area contributed by atoms with Gasteiger partial charge in [0.2, 0.25) is 11.8 Å². The zero-order valence-electron chi connectivity index (χ0n) is 12.9. The molecule has 0 bridgehead atoms. The van der Waals surface area contributed by atoms with Crippen LogP contribution in [-0.2, 0) is 13.5 Å². The summed E-state index contributed by atoms with van der Waals surface area (Å²) in [5, 5.41) is 15.2. The van der Waals surface area contributed by atoms with Gasteiger partial charge in [0.15, 0.2) is 0 Å². The van der Waals surface area contributed by atoms with Crippen LogP contribution in [-0.4, -0.2) is 36.1 Å². The fourth-order valence-corrected chi connectivity index (χ4v) is 2.54. The summed E-state index contributed by atoms with van der Waals surface area (Å²) in [7, 11) is 1.38. The number of aromatic nitrogens is 6. The average molecular weight is 341 g/mol. The monoisotopic (exact) mass is 341 g/mol. The molecule has 0 aliphatic carbocycles. The number of rotatable bonds is 2. The van der Waals surface area contributed by atoms with E-state index in [0.29, 0.717) is 22.4 Å². The molecule has 25 heavy (non-hydrogen) atoms. The summed E-state index contributed by atoms with van der Waals surface area (Å²) in [6, 6.07) is 4.77. The second-order valence-corrected chi connectivity index (χ2v) is 5.41. The molecule has 11 nitrogen and oxygen atoms in total. The third kappa shape index (κ3) is 2.47. The van der Waals surface area contributed by atoms with E-state index in [-0.39, 0.29) is 18.2 Å². The van der Waals surface area contributed by atoms with Gasteiger partial charge in [-0.15, -0.1) is 0 Å². The average Bonchev–Trinajstić information content (AvgIpc) is 3.11. The summed E-state index contributed by atoms with van der Waals surface area (Å²) in [5.74, 6) is 0.303. The number of ether oxygens (including phenoxy) is 1. The van der Waals surface area contributed by atoms with Gasteiger partial charge in [0.05, 0.1) is 5.56 Å². The standard InChI is InChI=1S/C14H11N7O4/c1-21-12(23)8-5-7-4-6(10(22)15-13-17-19-20-18-13)2-3-9(7)25-11(8)16-14(21)24/h2-4H,5H2,1H3,(H,16,24)(H2,15,17,18,19,20,22). The summed E-state index contributed by atoms with van der Waals surface area (Å²) in [4.78, 5) is 38.7. The lowest BCUT2D eigenvalue weighted by molar-refractivity contribution is 0.102. The summed E-state index contributed by atoms with van der Waals surface area (Å²) >= 11 is 0. The van der Waals surface area contributed by atoms with Crippen molar-refractivity contribution in [2.75, 3.05) is 5.32 Å². The van der Waals surface area contributed by atoms with Gasteiger partial charge in [0.1, 0.15) is 5.75 Å². The second kappa shape index (κ2) is 5.40. The molecular formula is C14H11N7O4. The number of nitrogens with zero attached hydrogens (tertiary/aromatic N) is 4. The Bertz CT molecular complexity index is 1100. The first-order valence-corrected chi connectivity index (χ1v) is 7.21. The van der Waals surface area contributed by atoms with Crippen molar-refractivity contribution in [3.63, 3.8) is 0 Å². The molecule has 3 aromatic rings. The van der Waals surface area contributed by atoms with Gasteiger partial charge in [-0.3, -0.25) is 24.5 Å². The van der Waals surface area contributed by atoms with E-state index in [9.17, 15) is 14.4 Å². The van der Waals surface area contributed by atoms with E-state index in [1.165, 1.54) is 7.05 Å². The van der Waals surface area contributed by atoms with E-state index in [1.807, 2.05) is 0 Å². The van der Waals surface area contributed by atoms with E-state index in [0.717, 1.165) is 4.57 Å². The maximum absolute atomic E-state index is 12.2. The van der Waals surface area contributed by atoms with Gasteiger partial charge in [-0.2, -0.15) is 0 Å². The quantitative estimate of drug-likeness (QED) is 0.446. The Morgan fingerprint density at radius 2 is 2.20 bits per heavy atom. The van der Waals surface area contributed by atoms with Crippen molar-refractivity contribution in [3.8, 4) is 11.6 Å². The lowest BCUT2D eigenvalue weighted by Crippen LogP contribution is -2.36. The van der Waals surface area contributed by atoms with Gasteiger partial charge in [0, 0.05) is 24.6 Å². The minimum Gasteiger partial charge on any atom is -0.440 e. The summed E-state index contributed by atoms with van der Waals surface area (Å²) in [6.07, 6.45) is 0.235. The number of fused-ring (bicyclic) bond motifs is 2. The third-order valence-corrected chi connectivity index (χ3v) is 3.84. The second-order valence-electron chi connectivity index (χ2n) is 5.41. The van der Waals surface area contributed by atoms with Crippen molar-refractivity contribution < 1.29 is 9.53 Å². The number of aromatic amines is 2. The lowest BCUT2D eigenvalue weighted by Gasteiger charge is -2.20. The molecule has 0 saturated heterocycles. The maximum atomic E-state index is 12.2. The number of benzene rings is 1. The molecule has 0 fully saturated rings. The van der Waals surface area contributed by atoms with Crippen LogP contribution in [0.4, 0.5) is 5.95 Å². The molecule has 11 heteroatoms. The van der Waals surface area contributed by atoms with Gasteiger partial charge in [0.25, 0.3) is 11.5 Å². The molecule has 3 N–H and O–H groups in total. The van der Waals surface area contributed by atoms with Gasteiger partial charge >= 0.3 is 5.69 Å². The predicted octanol–water partition coefficient (Wildman–Crippen LogP) is -0.465. The Morgan fingerprint density at radius 1 is 1.36 bits per heavy atom. The number of hydrogen-bond acceptors (Lipinski definition) is 7.